The molecule has 2 unspecified atom stereocenters. The van der Waals surface area contributed by atoms with Gasteiger partial charge in [0.2, 0.25) is 5.91 Å². The molecule has 0 bridgehead atoms. The van der Waals surface area contributed by atoms with Crippen LogP contribution in [0.2, 0.25) is 0 Å². The second-order valence-electron chi connectivity index (χ2n) is 6.51. The van der Waals surface area contributed by atoms with Gasteiger partial charge >= 0.3 is 0 Å². The van der Waals surface area contributed by atoms with Crippen LogP contribution in [0.15, 0.2) is 0 Å². The summed E-state index contributed by atoms with van der Waals surface area (Å²) in [5, 5.41) is 6.42. The van der Waals surface area contributed by atoms with Crippen molar-refractivity contribution in [3.63, 3.8) is 0 Å². The van der Waals surface area contributed by atoms with E-state index in [1.54, 1.807) is 0 Å². The summed E-state index contributed by atoms with van der Waals surface area (Å²) >= 11 is 0. The number of unbranched alkanes of at least 4 members (excludes halogenated alkanes) is 2. The third-order valence-corrected chi connectivity index (χ3v) is 4.57. The molecule has 1 aliphatic heterocycles. The molecule has 20 heavy (non-hydrogen) atoms. The van der Waals surface area contributed by atoms with E-state index in [2.05, 4.69) is 22.5 Å². The van der Waals surface area contributed by atoms with Crippen LogP contribution in [0.1, 0.15) is 52.4 Å². The maximum atomic E-state index is 11.9. The highest BCUT2D eigenvalue weighted by atomic mass is 16.2. The van der Waals surface area contributed by atoms with Gasteiger partial charge in [-0.2, -0.15) is 0 Å². The summed E-state index contributed by atoms with van der Waals surface area (Å²) in [6, 6.07) is 0.825. The quantitative estimate of drug-likeness (QED) is 0.633. The molecule has 0 aromatic carbocycles. The second-order valence-corrected chi connectivity index (χ2v) is 6.51. The molecule has 2 N–H and O–H groups in total. The molecular formula is C16H31N3O. The van der Waals surface area contributed by atoms with E-state index >= 15 is 0 Å². The minimum Gasteiger partial charge on any atom is -0.355 e. The standard InChI is InChI=1S/C16H31N3O/c1-3-4-5-9-17-16(20)13(2)18-11-14-8-10-19(12-14)15-6-7-15/h13-15,18H,3-12H2,1-2H3,(H,17,20). The minimum atomic E-state index is -0.0633. The van der Waals surface area contributed by atoms with Crippen molar-refractivity contribution in [3.05, 3.63) is 0 Å². The predicted molar refractivity (Wildman–Crippen MR) is 82.7 cm³/mol. The van der Waals surface area contributed by atoms with Crippen LogP contribution in [0.25, 0.3) is 0 Å². The molecule has 1 aliphatic carbocycles. The number of carbonyl (C=O) groups is 1. The number of hydrogen-bond acceptors (Lipinski definition) is 3. The van der Waals surface area contributed by atoms with E-state index < -0.39 is 0 Å². The highest BCUT2D eigenvalue weighted by Crippen LogP contribution is 2.31. The number of nitrogens with one attached hydrogen (secondary N) is 2. The van der Waals surface area contributed by atoms with E-state index in [1.165, 1.54) is 45.2 Å². The molecule has 1 heterocycles. The zero-order chi connectivity index (χ0) is 14.4. The molecule has 0 aromatic rings. The van der Waals surface area contributed by atoms with Gasteiger partial charge in [0.05, 0.1) is 6.04 Å². The van der Waals surface area contributed by atoms with E-state index in [-0.39, 0.29) is 11.9 Å². The zero-order valence-corrected chi connectivity index (χ0v) is 13.2. The van der Waals surface area contributed by atoms with Crippen LogP contribution in [-0.2, 0) is 4.79 Å². The lowest BCUT2D eigenvalue weighted by atomic mass is 10.1. The van der Waals surface area contributed by atoms with Gasteiger partial charge < -0.3 is 15.5 Å². The van der Waals surface area contributed by atoms with Crippen molar-refractivity contribution in [3.8, 4) is 0 Å². The van der Waals surface area contributed by atoms with E-state index in [4.69, 9.17) is 0 Å². The Hall–Kier alpha value is -0.610. The summed E-state index contributed by atoms with van der Waals surface area (Å²) in [5.74, 6) is 0.879. The SMILES string of the molecule is CCCCCNC(=O)C(C)NCC1CCN(C2CC2)C1. The average molecular weight is 281 g/mol. The third kappa shape index (κ3) is 5.06. The van der Waals surface area contributed by atoms with Crippen LogP contribution in [0.3, 0.4) is 0 Å². The molecule has 4 heteroatoms. The van der Waals surface area contributed by atoms with E-state index in [1.807, 2.05) is 6.92 Å². The lowest BCUT2D eigenvalue weighted by Gasteiger charge is -2.18. The number of hydrogen-bond donors (Lipinski definition) is 2. The summed E-state index contributed by atoms with van der Waals surface area (Å²) in [6.45, 7) is 8.43. The van der Waals surface area contributed by atoms with Crippen molar-refractivity contribution in [2.24, 2.45) is 5.92 Å². The van der Waals surface area contributed by atoms with Crippen LogP contribution >= 0.6 is 0 Å². The fourth-order valence-electron chi connectivity index (χ4n) is 2.98. The Labute approximate surface area is 123 Å². The molecule has 0 spiro atoms. The molecule has 116 valence electrons. The fraction of sp³-hybridized carbons (Fsp3) is 0.938. The van der Waals surface area contributed by atoms with Gasteiger partial charge in [0.1, 0.15) is 0 Å². The molecule has 2 aliphatic rings. The highest BCUT2D eigenvalue weighted by Gasteiger charge is 2.34. The van der Waals surface area contributed by atoms with Crippen LogP contribution < -0.4 is 10.6 Å². The minimum absolute atomic E-state index is 0.0633. The molecule has 1 saturated heterocycles. The summed E-state index contributed by atoms with van der Waals surface area (Å²) < 4.78 is 0. The van der Waals surface area contributed by atoms with Gasteiger partial charge in [-0.15, -0.1) is 0 Å². The Morgan fingerprint density at radius 3 is 2.80 bits per heavy atom. The Morgan fingerprint density at radius 2 is 2.10 bits per heavy atom. The van der Waals surface area contributed by atoms with Gasteiger partial charge in [-0.3, -0.25) is 4.79 Å². The molecule has 1 amide bonds. The van der Waals surface area contributed by atoms with Crippen LogP contribution in [0.4, 0.5) is 0 Å². The first-order chi connectivity index (χ1) is 9.70. The number of carbonyl (C=O) groups excluding carboxylic acids is 1. The topological polar surface area (TPSA) is 44.4 Å². The monoisotopic (exact) mass is 281 g/mol. The molecular weight excluding hydrogens is 250 g/mol. The van der Waals surface area contributed by atoms with E-state index in [9.17, 15) is 4.79 Å². The lowest BCUT2D eigenvalue weighted by Crippen LogP contribution is -2.44. The molecule has 4 nitrogen and oxygen atoms in total. The molecule has 0 radical (unpaired) electrons. The van der Waals surface area contributed by atoms with Crippen molar-refractivity contribution in [2.75, 3.05) is 26.2 Å². The third-order valence-electron chi connectivity index (χ3n) is 4.57. The molecule has 0 aromatic heterocycles. The van der Waals surface area contributed by atoms with Crippen LogP contribution in [-0.4, -0.2) is 49.1 Å². The summed E-state index contributed by atoms with van der Waals surface area (Å²) in [7, 11) is 0. The molecule has 1 saturated carbocycles. The Bertz CT molecular complexity index is 304. The van der Waals surface area contributed by atoms with Crippen LogP contribution in [0.5, 0.6) is 0 Å². The van der Waals surface area contributed by atoms with Crippen molar-refractivity contribution < 1.29 is 4.79 Å². The number of rotatable bonds is 9. The van der Waals surface area contributed by atoms with Gasteiger partial charge in [-0.1, -0.05) is 19.8 Å². The zero-order valence-electron chi connectivity index (χ0n) is 13.2. The Morgan fingerprint density at radius 1 is 1.30 bits per heavy atom. The number of likely N-dealkylation sites (tertiary alicyclic amines) is 1. The van der Waals surface area contributed by atoms with Crippen molar-refractivity contribution in [1.82, 2.24) is 15.5 Å². The molecule has 2 fully saturated rings. The summed E-state index contributed by atoms with van der Waals surface area (Å²) in [6.07, 6.45) is 7.57. The maximum absolute atomic E-state index is 11.9. The number of amides is 1. The first kappa shape index (κ1) is 15.8. The highest BCUT2D eigenvalue weighted by molar-refractivity contribution is 5.81. The van der Waals surface area contributed by atoms with E-state index in [0.717, 1.165) is 31.5 Å². The van der Waals surface area contributed by atoms with Gasteiger partial charge in [0.15, 0.2) is 0 Å². The lowest BCUT2D eigenvalue weighted by molar-refractivity contribution is -0.122. The normalized spacial score (nSPS) is 24.8. The molecule has 2 rings (SSSR count). The average Bonchev–Trinajstić information content (AvgIpc) is 3.20. The van der Waals surface area contributed by atoms with Crippen molar-refractivity contribution in [2.45, 2.75) is 64.5 Å². The summed E-state index contributed by atoms with van der Waals surface area (Å²) in [5.41, 5.74) is 0. The van der Waals surface area contributed by atoms with Crippen molar-refractivity contribution in [1.29, 1.82) is 0 Å². The van der Waals surface area contributed by atoms with E-state index in [0.29, 0.717) is 0 Å². The van der Waals surface area contributed by atoms with Gasteiger partial charge in [0.25, 0.3) is 0 Å². The number of nitrogens with zero attached hydrogens (tertiary/aromatic N) is 1. The molecule has 2 atom stereocenters. The second kappa shape index (κ2) is 7.99. The largest absolute Gasteiger partial charge is 0.355 e. The van der Waals surface area contributed by atoms with Crippen molar-refractivity contribution >= 4 is 5.91 Å². The first-order valence-corrected chi connectivity index (χ1v) is 8.45. The van der Waals surface area contributed by atoms with Gasteiger partial charge in [-0.05, 0) is 51.6 Å². The Balaban J connectivity index is 1.55. The first-order valence-electron chi connectivity index (χ1n) is 8.45. The predicted octanol–water partition coefficient (Wildman–Crippen LogP) is 1.76. The van der Waals surface area contributed by atoms with Crippen LogP contribution in [0, 0.1) is 5.92 Å². The van der Waals surface area contributed by atoms with Gasteiger partial charge in [-0.25, -0.2) is 0 Å². The Kier molecular flexibility index (Phi) is 6.30. The van der Waals surface area contributed by atoms with Gasteiger partial charge in [0, 0.05) is 19.1 Å². The fourth-order valence-corrected chi connectivity index (χ4v) is 2.98. The smallest absolute Gasteiger partial charge is 0.236 e. The summed E-state index contributed by atoms with van der Waals surface area (Å²) in [4.78, 5) is 14.5. The maximum Gasteiger partial charge on any atom is 0.236 e.